The third kappa shape index (κ3) is 6.87. The third-order valence-corrected chi connectivity index (χ3v) is 3.83. The molecule has 0 amide bonds. The van der Waals surface area contributed by atoms with Gasteiger partial charge in [0.2, 0.25) is 0 Å². The molecule has 2 atom stereocenters. The van der Waals surface area contributed by atoms with E-state index in [0.717, 1.165) is 0 Å². The first-order chi connectivity index (χ1) is 7.65. The molecule has 100 valence electrons. The molecule has 0 bridgehead atoms. The number of sulfone groups is 1. The maximum atomic E-state index is 11.4. The van der Waals surface area contributed by atoms with Crippen molar-refractivity contribution < 1.29 is 28.2 Å². The van der Waals surface area contributed by atoms with E-state index in [0.29, 0.717) is 0 Å². The van der Waals surface area contributed by atoms with Gasteiger partial charge in [-0.3, -0.25) is 9.59 Å². The van der Waals surface area contributed by atoms with Gasteiger partial charge < -0.3 is 21.7 Å². The monoisotopic (exact) mass is 268 g/mol. The third-order valence-electron chi connectivity index (χ3n) is 2.11. The van der Waals surface area contributed by atoms with Crippen LogP contribution in [0.4, 0.5) is 0 Å². The summed E-state index contributed by atoms with van der Waals surface area (Å²) in [5.74, 6) is -3.34. The minimum atomic E-state index is -3.53. The fourth-order valence-electron chi connectivity index (χ4n) is 0.962. The molecule has 0 aliphatic rings. The molecule has 0 aromatic heterocycles. The molecule has 0 aromatic carbocycles. The van der Waals surface area contributed by atoms with Gasteiger partial charge in [0.25, 0.3) is 0 Å². The second-order valence-electron chi connectivity index (χ2n) is 3.62. The van der Waals surface area contributed by atoms with Gasteiger partial charge in [-0.05, 0) is 12.8 Å². The highest BCUT2D eigenvalue weighted by Crippen LogP contribution is 2.01. The van der Waals surface area contributed by atoms with Crippen LogP contribution >= 0.6 is 0 Å². The van der Waals surface area contributed by atoms with Crippen molar-refractivity contribution in [1.82, 2.24) is 0 Å². The minimum Gasteiger partial charge on any atom is -0.480 e. The van der Waals surface area contributed by atoms with Gasteiger partial charge in [0.1, 0.15) is 21.9 Å². The molecule has 0 spiro atoms. The predicted molar refractivity (Wildman–Crippen MR) is 59.1 cm³/mol. The predicted octanol–water partition coefficient (Wildman–Crippen LogP) is -1.99. The molecule has 0 rings (SSSR count). The highest BCUT2D eigenvalue weighted by molar-refractivity contribution is 7.91. The Bertz CT molecular complexity index is 349. The quantitative estimate of drug-likeness (QED) is 0.393. The lowest BCUT2D eigenvalue weighted by molar-refractivity contribution is -0.139. The van der Waals surface area contributed by atoms with E-state index >= 15 is 0 Å². The first-order valence-corrected chi connectivity index (χ1v) is 6.65. The lowest BCUT2D eigenvalue weighted by atomic mass is 10.2. The van der Waals surface area contributed by atoms with Crippen molar-refractivity contribution >= 4 is 21.8 Å². The molecule has 8 nitrogen and oxygen atoms in total. The summed E-state index contributed by atoms with van der Waals surface area (Å²) in [5.41, 5.74) is 10.3. The Labute approximate surface area is 98.5 Å². The first-order valence-electron chi connectivity index (χ1n) is 4.83. The Morgan fingerprint density at radius 2 is 1.24 bits per heavy atom. The van der Waals surface area contributed by atoms with Crippen molar-refractivity contribution in [3.05, 3.63) is 0 Å². The SMILES string of the molecule is NC(CCS(=O)(=O)CCC(N)C(=O)O)C(=O)O. The zero-order valence-corrected chi connectivity index (χ0v) is 9.89. The van der Waals surface area contributed by atoms with Gasteiger partial charge in [0.15, 0.2) is 0 Å². The number of hydrogen-bond acceptors (Lipinski definition) is 6. The second kappa shape index (κ2) is 6.52. The maximum absolute atomic E-state index is 11.4. The largest absolute Gasteiger partial charge is 0.480 e. The fourth-order valence-corrected chi connectivity index (χ4v) is 2.39. The molecule has 0 saturated carbocycles. The van der Waals surface area contributed by atoms with Crippen molar-refractivity contribution in [3.8, 4) is 0 Å². The lowest BCUT2D eigenvalue weighted by Gasteiger charge is -2.09. The molecular formula is C8H16N2O6S. The Morgan fingerprint density at radius 3 is 1.47 bits per heavy atom. The number of hydrogen-bond donors (Lipinski definition) is 4. The van der Waals surface area contributed by atoms with Crippen LogP contribution in [-0.2, 0) is 19.4 Å². The summed E-state index contributed by atoms with van der Waals surface area (Å²) in [6, 6.07) is -2.48. The average Bonchev–Trinajstić information content (AvgIpc) is 2.22. The number of nitrogens with two attached hydrogens (primary N) is 2. The van der Waals surface area contributed by atoms with Gasteiger partial charge in [-0.15, -0.1) is 0 Å². The van der Waals surface area contributed by atoms with E-state index in [1.807, 2.05) is 0 Å². The molecule has 0 heterocycles. The molecule has 17 heavy (non-hydrogen) atoms. The van der Waals surface area contributed by atoms with E-state index in [1.54, 1.807) is 0 Å². The number of aliphatic carboxylic acids is 2. The van der Waals surface area contributed by atoms with Crippen LogP contribution in [0.1, 0.15) is 12.8 Å². The van der Waals surface area contributed by atoms with Gasteiger partial charge in [-0.1, -0.05) is 0 Å². The summed E-state index contributed by atoms with van der Waals surface area (Å²) in [5, 5.41) is 16.9. The van der Waals surface area contributed by atoms with Gasteiger partial charge in [-0.25, -0.2) is 8.42 Å². The van der Waals surface area contributed by atoms with Gasteiger partial charge in [0, 0.05) is 0 Å². The summed E-state index contributed by atoms with van der Waals surface area (Å²) in [6.45, 7) is 0. The summed E-state index contributed by atoms with van der Waals surface area (Å²) in [4.78, 5) is 20.7. The van der Waals surface area contributed by atoms with Crippen molar-refractivity contribution in [3.63, 3.8) is 0 Å². The van der Waals surface area contributed by atoms with Crippen LogP contribution in [0.15, 0.2) is 0 Å². The summed E-state index contributed by atoms with van der Waals surface area (Å²) in [7, 11) is -3.53. The molecule has 9 heteroatoms. The maximum Gasteiger partial charge on any atom is 0.320 e. The average molecular weight is 268 g/mol. The highest BCUT2D eigenvalue weighted by atomic mass is 32.2. The molecule has 0 fully saturated rings. The molecule has 0 aliphatic heterocycles. The summed E-state index contributed by atoms with van der Waals surface area (Å²) in [6.07, 6.45) is -0.417. The van der Waals surface area contributed by atoms with Crippen molar-refractivity contribution in [1.29, 1.82) is 0 Å². The van der Waals surface area contributed by atoms with E-state index in [4.69, 9.17) is 21.7 Å². The van der Waals surface area contributed by atoms with E-state index in [9.17, 15) is 18.0 Å². The van der Waals surface area contributed by atoms with Crippen molar-refractivity contribution in [2.24, 2.45) is 11.5 Å². The van der Waals surface area contributed by atoms with Crippen molar-refractivity contribution in [2.45, 2.75) is 24.9 Å². The first kappa shape index (κ1) is 15.8. The summed E-state index contributed by atoms with van der Waals surface area (Å²) >= 11 is 0. The van der Waals surface area contributed by atoms with E-state index in [1.165, 1.54) is 0 Å². The summed E-state index contributed by atoms with van der Waals surface area (Å²) < 4.78 is 22.8. The van der Waals surface area contributed by atoms with E-state index in [2.05, 4.69) is 0 Å². The number of carboxylic acids is 2. The zero-order valence-electron chi connectivity index (χ0n) is 9.07. The minimum absolute atomic E-state index is 0.208. The molecule has 0 aromatic rings. The Kier molecular flexibility index (Phi) is 6.07. The van der Waals surface area contributed by atoms with Crippen LogP contribution in [0.5, 0.6) is 0 Å². The standard InChI is InChI=1S/C8H16N2O6S/c9-5(7(11)12)1-3-17(15,16)4-2-6(10)8(13)14/h5-6H,1-4,9-10H2,(H,11,12)(H,13,14). The number of carboxylic acid groups (broad SMARTS) is 2. The normalized spacial score (nSPS) is 15.2. The van der Waals surface area contributed by atoms with Gasteiger partial charge >= 0.3 is 11.9 Å². The smallest absolute Gasteiger partial charge is 0.320 e. The fraction of sp³-hybridized carbons (Fsp3) is 0.750. The topological polar surface area (TPSA) is 161 Å². The van der Waals surface area contributed by atoms with Crippen LogP contribution in [0.25, 0.3) is 0 Å². The molecule has 2 unspecified atom stereocenters. The van der Waals surface area contributed by atoms with Crippen LogP contribution in [0.2, 0.25) is 0 Å². The van der Waals surface area contributed by atoms with Crippen LogP contribution in [0.3, 0.4) is 0 Å². The molecule has 0 aliphatic carbocycles. The van der Waals surface area contributed by atoms with Gasteiger partial charge in [-0.2, -0.15) is 0 Å². The Morgan fingerprint density at radius 1 is 0.941 bits per heavy atom. The number of carbonyl (C=O) groups is 2. The van der Waals surface area contributed by atoms with Crippen molar-refractivity contribution in [2.75, 3.05) is 11.5 Å². The molecule has 6 N–H and O–H groups in total. The second-order valence-corrected chi connectivity index (χ2v) is 5.92. The van der Waals surface area contributed by atoms with E-state index < -0.39 is 45.4 Å². The highest BCUT2D eigenvalue weighted by Gasteiger charge is 2.20. The van der Waals surface area contributed by atoms with Crippen LogP contribution in [-0.4, -0.2) is 54.2 Å². The van der Waals surface area contributed by atoms with Crippen LogP contribution < -0.4 is 11.5 Å². The molecule has 0 saturated heterocycles. The Hall–Kier alpha value is -1.19. The van der Waals surface area contributed by atoms with Crippen LogP contribution in [0, 0.1) is 0 Å². The van der Waals surface area contributed by atoms with E-state index in [-0.39, 0.29) is 12.8 Å². The zero-order chi connectivity index (χ0) is 13.6. The van der Waals surface area contributed by atoms with Gasteiger partial charge in [0.05, 0.1) is 11.5 Å². The molecular weight excluding hydrogens is 252 g/mol. The lowest BCUT2D eigenvalue weighted by Crippen LogP contribution is -2.34. The Balaban J connectivity index is 4.14. The number of rotatable bonds is 8. The molecule has 0 radical (unpaired) electrons.